The Morgan fingerprint density at radius 1 is 1.06 bits per heavy atom. The van der Waals surface area contributed by atoms with Crippen LogP contribution in [-0.2, 0) is 7.05 Å². The van der Waals surface area contributed by atoms with Crippen LogP contribution >= 0.6 is 0 Å². The molecule has 5 rings (SSSR count). The van der Waals surface area contributed by atoms with Crippen molar-refractivity contribution in [1.29, 1.82) is 5.26 Å². The number of aryl methyl sites for hydroxylation is 2. The van der Waals surface area contributed by atoms with Crippen LogP contribution in [0.15, 0.2) is 60.8 Å². The van der Waals surface area contributed by atoms with Crippen LogP contribution in [0.2, 0.25) is 0 Å². The summed E-state index contributed by atoms with van der Waals surface area (Å²) in [7, 11) is 3.76. The number of hydrogen-bond acceptors (Lipinski definition) is 6. The van der Waals surface area contributed by atoms with Gasteiger partial charge in [-0.25, -0.2) is 9.97 Å². The first kappa shape index (κ1) is 19.5. The molecule has 7 heteroatoms. The third-order valence-electron chi connectivity index (χ3n) is 5.56. The zero-order valence-electron chi connectivity index (χ0n) is 18.0. The molecule has 0 amide bonds. The van der Waals surface area contributed by atoms with E-state index in [9.17, 15) is 5.26 Å². The Bertz CT molecular complexity index is 1530. The second-order valence-corrected chi connectivity index (χ2v) is 7.66. The number of nitrogens with one attached hydrogen (secondary N) is 2. The summed E-state index contributed by atoms with van der Waals surface area (Å²) in [5.74, 6) is 1.35. The third-order valence-corrected chi connectivity index (χ3v) is 5.56. The van der Waals surface area contributed by atoms with Gasteiger partial charge in [0, 0.05) is 42.3 Å². The first-order chi connectivity index (χ1) is 15.6. The van der Waals surface area contributed by atoms with Gasteiger partial charge >= 0.3 is 0 Å². The number of fused-ring (bicyclic) bond motifs is 2. The van der Waals surface area contributed by atoms with Crippen molar-refractivity contribution in [1.82, 2.24) is 19.7 Å². The van der Waals surface area contributed by atoms with Crippen molar-refractivity contribution in [3.05, 3.63) is 71.9 Å². The van der Waals surface area contributed by atoms with Gasteiger partial charge in [0.05, 0.1) is 22.7 Å². The Morgan fingerprint density at radius 2 is 1.94 bits per heavy atom. The van der Waals surface area contributed by atoms with E-state index in [1.54, 1.807) is 6.07 Å². The van der Waals surface area contributed by atoms with Crippen LogP contribution in [0.3, 0.4) is 0 Å². The molecule has 2 heterocycles. The molecule has 5 aromatic rings. The Balaban J connectivity index is 1.65. The minimum atomic E-state index is 0.603. The fraction of sp³-hybridized carbons (Fsp3) is 0.120. The number of aromatic nitrogens is 4. The maximum atomic E-state index is 9.19. The molecule has 0 saturated heterocycles. The van der Waals surface area contributed by atoms with Gasteiger partial charge in [0.15, 0.2) is 5.82 Å². The molecule has 3 aromatic carbocycles. The molecule has 7 nitrogen and oxygen atoms in total. The number of benzene rings is 3. The molecular weight excluding hydrogens is 398 g/mol. The van der Waals surface area contributed by atoms with E-state index in [1.807, 2.05) is 49.2 Å². The molecule has 0 bridgehead atoms. The van der Waals surface area contributed by atoms with Crippen molar-refractivity contribution in [3.63, 3.8) is 0 Å². The zero-order valence-corrected chi connectivity index (χ0v) is 18.0. The Morgan fingerprint density at radius 3 is 2.75 bits per heavy atom. The van der Waals surface area contributed by atoms with Crippen molar-refractivity contribution in [3.8, 4) is 17.2 Å². The highest BCUT2D eigenvalue weighted by atomic mass is 15.3. The van der Waals surface area contributed by atoms with Gasteiger partial charge in [0.1, 0.15) is 0 Å². The molecule has 0 saturated carbocycles. The largest absolute Gasteiger partial charge is 0.357 e. The van der Waals surface area contributed by atoms with E-state index < -0.39 is 0 Å². The van der Waals surface area contributed by atoms with Gasteiger partial charge in [0.2, 0.25) is 5.95 Å². The molecule has 0 spiro atoms. The van der Waals surface area contributed by atoms with Gasteiger partial charge in [-0.05, 0) is 54.4 Å². The van der Waals surface area contributed by atoms with Crippen LogP contribution in [-0.4, -0.2) is 26.8 Å². The Labute approximate surface area is 185 Å². The highest BCUT2D eigenvalue weighted by molar-refractivity contribution is 6.03. The van der Waals surface area contributed by atoms with E-state index in [4.69, 9.17) is 5.10 Å². The van der Waals surface area contributed by atoms with Crippen LogP contribution in [0.25, 0.3) is 32.9 Å². The van der Waals surface area contributed by atoms with Crippen molar-refractivity contribution in [2.75, 3.05) is 17.7 Å². The third kappa shape index (κ3) is 3.28. The van der Waals surface area contributed by atoms with E-state index >= 15 is 0 Å². The average molecular weight is 419 g/mol. The SMILES string of the molecule is CNc1ncc2cc(-c3c(C)ccc4c(Nc5cccc(C#N)c5)nn(C)c34)ccc2n1. The van der Waals surface area contributed by atoms with Gasteiger partial charge in [-0.3, -0.25) is 4.68 Å². The van der Waals surface area contributed by atoms with E-state index in [0.717, 1.165) is 50.0 Å². The average Bonchev–Trinajstić information content (AvgIpc) is 3.13. The number of nitrogens with zero attached hydrogens (tertiary/aromatic N) is 5. The smallest absolute Gasteiger partial charge is 0.222 e. The Kier molecular flexibility index (Phi) is 4.68. The van der Waals surface area contributed by atoms with E-state index in [2.05, 4.69) is 57.9 Å². The van der Waals surface area contributed by atoms with Crippen molar-refractivity contribution in [2.24, 2.45) is 7.05 Å². The monoisotopic (exact) mass is 419 g/mol. The van der Waals surface area contributed by atoms with Crippen molar-refractivity contribution < 1.29 is 0 Å². The van der Waals surface area contributed by atoms with E-state index in [0.29, 0.717) is 11.5 Å². The van der Waals surface area contributed by atoms with Crippen molar-refractivity contribution >= 4 is 39.3 Å². The molecule has 2 aromatic heterocycles. The van der Waals surface area contributed by atoms with Crippen LogP contribution in [0, 0.1) is 18.3 Å². The van der Waals surface area contributed by atoms with Gasteiger partial charge < -0.3 is 10.6 Å². The zero-order chi connectivity index (χ0) is 22.2. The van der Waals surface area contributed by atoms with Crippen LogP contribution in [0.4, 0.5) is 17.5 Å². The standard InChI is InChI=1S/C25H21N7/c1-15-7-9-20-23(32(3)31-24(20)29-19-6-4-5-16(11-19)13-26)22(15)17-8-10-21-18(12-17)14-28-25(27-2)30-21/h4-12,14H,1-3H3,(H,29,31)(H,27,28,30). The molecule has 32 heavy (non-hydrogen) atoms. The molecule has 0 fully saturated rings. The molecule has 0 atom stereocenters. The van der Waals surface area contributed by atoms with Gasteiger partial charge in [-0.2, -0.15) is 10.4 Å². The second-order valence-electron chi connectivity index (χ2n) is 7.66. The normalized spacial score (nSPS) is 10.9. The second kappa shape index (κ2) is 7.67. The lowest BCUT2D eigenvalue weighted by Crippen LogP contribution is -1.97. The molecule has 0 unspecified atom stereocenters. The molecule has 0 aliphatic rings. The van der Waals surface area contributed by atoms with E-state index in [-0.39, 0.29) is 0 Å². The predicted octanol–water partition coefficient (Wildman–Crippen LogP) is 5.15. The number of rotatable bonds is 4. The fourth-order valence-electron chi connectivity index (χ4n) is 4.04. The summed E-state index contributed by atoms with van der Waals surface area (Å²) in [6, 6.07) is 20.0. The summed E-state index contributed by atoms with van der Waals surface area (Å²) in [5, 5.41) is 22.3. The quantitative estimate of drug-likeness (QED) is 0.419. The number of hydrogen-bond donors (Lipinski definition) is 2. The molecule has 0 aliphatic heterocycles. The lowest BCUT2D eigenvalue weighted by molar-refractivity contribution is 0.801. The minimum Gasteiger partial charge on any atom is -0.357 e. The molecule has 0 radical (unpaired) electrons. The van der Waals surface area contributed by atoms with Crippen molar-refractivity contribution in [2.45, 2.75) is 6.92 Å². The van der Waals surface area contributed by atoms with Crippen LogP contribution < -0.4 is 10.6 Å². The molecule has 2 N–H and O–H groups in total. The lowest BCUT2D eigenvalue weighted by atomic mass is 9.96. The van der Waals surface area contributed by atoms with Crippen LogP contribution in [0.1, 0.15) is 11.1 Å². The highest BCUT2D eigenvalue weighted by Gasteiger charge is 2.16. The summed E-state index contributed by atoms with van der Waals surface area (Å²) in [4.78, 5) is 8.88. The summed E-state index contributed by atoms with van der Waals surface area (Å²) < 4.78 is 1.90. The number of nitriles is 1. The van der Waals surface area contributed by atoms with Gasteiger partial charge in [0.25, 0.3) is 0 Å². The van der Waals surface area contributed by atoms with Gasteiger partial charge in [-0.1, -0.05) is 18.2 Å². The summed E-state index contributed by atoms with van der Waals surface area (Å²) in [6.45, 7) is 2.11. The molecule has 156 valence electrons. The summed E-state index contributed by atoms with van der Waals surface area (Å²) >= 11 is 0. The fourth-order valence-corrected chi connectivity index (χ4v) is 4.04. The summed E-state index contributed by atoms with van der Waals surface area (Å²) in [5.41, 5.74) is 6.73. The highest BCUT2D eigenvalue weighted by Crippen LogP contribution is 2.36. The van der Waals surface area contributed by atoms with Crippen LogP contribution in [0.5, 0.6) is 0 Å². The maximum Gasteiger partial charge on any atom is 0.222 e. The van der Waals surface area contributed by atoms with E-state index in [1.165, 1.54) is 0 Å². The minimum absolute atomic E-state index is 0.603. The first-order valence-electron chi connectivity index (χ1n) is 10.3. The maximum absolute atomic E-state index is 9.19. The Hall–Kier alpha value is -4.44. The predicted molar refractivity (Wildman–Crippen MR) is 128 cm³/mol. The molecular formula is C25H21N7. The summed E-state index contributed by atoms with van der Waals surface area (Å²) in [6.07, 6.45) is 1.84. The topological polar surface area (TPSA) is 91.5 Å². The first-order valence-corrected chi connectivity index (χ1v) is 10.3. The van der Waals surface area contributed by atoms with Gasteiger partial charge in [-0.15, -0.1) is 0 Å². The number of anilines is 3. The lowest BCUT2D eigenvalue weighted by Gasteiger charge is -2.11. The molecule has 0 aliphatic carbocycles.